The first kappa shape index (κ1) is 9.89. The van der Waals surface area contributed by atoms with E-state index in [1.807, 2.05) is 6.07 Å². The van der Waals surface area contributed by atoms with Gasteiger partial charge in [0.2, 0.25) is 0 Å². The Kier molecular flexibility index (Phi) is 3.61. The first-order chi connectivity index (χ1) is 6.20. The quantitative estimate of drug-likeness (QED) is 0.710. The lowest BCUT2D eigenvalue weighted by molar-refractivity contribution is -0.138. The van der Waals surface area contributed by atoms with E-state index >= 15 is 0 Å². The summed E-state index contributed by atoms with van der Waals surface area (Å²) in [5, 5.41) is 9.39. The Balaban J connectivity index is 2.49. The van der Waals surface area contributed by atoms with Crippen LogP contribution < -0.4 is 0 Å². The average Bonchev–Trinajstić information content (AvgIpc) is 2.15. The maximum absolute atomic E-state index is 10.5. The molecule has 0 bridgehead atoms. The van der Waals surface area contributed by atoms with Gasteiger partial charge < -0.3 is 9.84 Å². The van der Waals surface area contributed by atoms with Crippen molar-refractivity contribution in [2.45, 2.75) is 13.2 Å². The van der Waals surface area contributed by atoms with Gasteiger partial charge in [-0.15, -0.1) is 0 Å². The summed E-state index contributed by atoms with van der Waals surface area (Å²) in [5.41, 5.74) is 0.656. The molecule has 1 unspecified atom stereocenters. The van der Waals surface area contributed by atoms with Gasteiger partial charge in [-0.1, -0.05) is 30.3 Å². The lowest BCUT2D eigenvalue weighted by Crippen LogP contribution is -2.09. The first-order valence-corrected chi connectivity index (χ1v) is 4.04. The Bertz CT molecular complexity index is 269. The molecular weight excluding hydrogens is 168 g/mol. The Morgan fingerprint density at radius 1 is 1.46 bits per heavy atom. The van der Waals surface area contributed by atoms with Crippen molar-refractivity contribution in [1.82, 2.24) is 0 Å². The summed E-state index contributed by atoms with van der Waals surface area (Å²) in [5.74, 6) is -0.102. The molecule has 3 nitrogen and oxygen atoms in total. The van der Waals surface area contributed by atoms with Crippen LogP contribution in [-0.4, -0.2) is 17.5 Å². The summed E-state index contributed by atoms with van der Waals surface area (Å²) in [6, 6.07) is 8.93. The number of hydrogen-bond acceptors (Lipinski definition) is 3. The van der Waals surface area contributed by atoms with E-state index in [9.17, 15) is 9.90 Å². The summed E-state index contributed by atoms with van der Waals surface area (Å²) in [4.78, 5) is 10.5. The minimum Gasteiger partial charge on any atom is -0.364 e. The van der Waals surface area contributed by atoms with Crippen molar-refractivity contribution in [3.05, 3.63) is 35.9 Å². The van der Waals surface area contributed by atoms with Gasteiger partial charge in [-0.2, -0.15) is 0 Å². The molecule has 1 aromatic rings. The lowest BCUT2D eigenvalue weighted by atomic mass is 10.2. The van der Waals surface area contributed by atoms with Crippen LogP contribution in [0.25, 0.3) is 0 Å². The van der Waals surface area contributed by atoms with E-state index in [0.29, 0.717) is 5.56 Å². The summed E-state index contributed by atoms with van der Waals surface area (Å²) in [6.45, 7) is 1.35. The van der Waals surface area contributed by atoms with E-state index in [2.05, 4.69) is 0 Å². The second-order valence-electron chi connectivity index (χ2n) is 2.78. The van der Waals surface area contributed by atoms with Crippen LogP contribution in [0.5, 0.6) is 0 Å². The molecule has 1 aromatic carbocycles. The molecule has 1 N–H and O–H groups in total. The third kappa shape index (κ3) is 3.36. The Hall–Kier alpha value is -1.19. The number of carbonyl (C=O) groups excluding carboxylic acids is 1. The second-order valence-corrected chi connectivity index (χ2v) is 2.78. The number of benzene rings is 1. The largest absolute Gasteiger partial charge is 0.364 e. The van der Waals surface area contributed by atoms with Crippen molar-refractivity contribution in [3.63, 3.8) is 0 Å². The molecule has 1 atom stereocenters. The van der Waals surface area contributed by atoms with Crippen molar-refractivity contribution in [1.29, 1.82) is 0 Å². The zero-order chi connectivity index (χ0) is 9.68. The predicted octanol–water partition coefficient (Wildman–Crippen LogP) is 1.28. The highest BCUT2D eigenvalue weighted by molar-refractivity contribution is 5.76. The van der Waals surface area contributed by atoms with Gasteiger partial charge in [0.25, 0.3) is 0 Å². The highest BCUT2D eigenvalue weighted by Crippen LogP contribution is 2.12. The van der Waals surface area contributed by atoms with Gasteiger partial charge in [-0.3, -0.25) is 4.79 Å². The highest BCUT2D eigenvalue weighted by atomic mass is 16.6. The first-order valence-electron chi connectivity index (χ1n) is 4.04. The van der Waals surface area contributed by atoms with Crippen LogP contribution in [0.2, 0.25) is 0 Å². The van der Waals surface area contributed by atoms with E-state index in [4.69, 9.17) is 4.74 Å². The van der Waals surface area contributed by atoms with Crippen LogP contribution in [0.3, 0.4) is 0 Å². The summed E-state index contributed by atoms with van der Waals surface area (Å²) in [6.07, 6.45) is -1.01. The van der Waals surface area contributed by atoms with Crippen LogP contribution in [0.1, 0.15) is 18.8 Å². The third-order valence-corrected chi connectivity index (χ3v) is 1.53. The second kappa shape index (κ2) is 4.74. The molecule has 13 heavy (non-hydrogen) atoms. The van der Waals surface area contributed by atoms with E-state index in [1.54, 1.807) is 24.3 Å². The van der Waals surface area contributed by atoms with Crippen LogP contribution in [0.4, 0.5) is 0 Å². The van der Waals surface area contributed by atoms with Crippen molar-refractivity contribution in [2.75, 3.05) is 6.61 Å². The van der Waals surface area contributed by atoms with Crippen LogP contribution in [0, 0.1) is 0 Å². The molecule has 0 saturated carbocycles. The van der Waals surface area contributed by atoms with Crippen molar-refractivity contribution in [2.24, 2.45) is 0 Å². The molecule has 70 valence electrons. The topological polar surface area (TPSA) is 46.5 Å². The summed E-state index contributed by atoms with van der Waals surface area (Å²) >= 11 is 0. The van der Waals surface area contributed by atoms with E-state index in [-0.39, 0.29) is 12.4 Å². The van der Waals surface area contributed by atoms with Gasteiger partial charge in [0.15, 0.2) is 12.1 Å². The molecule has 0 radical (unpaired) electrons. The van der Waals surface area contributed by atoms with Gasteiger partial charge in [-0.05, 0) is 6.92 Å². The normalized spacial score (nSPS) is 12.5. The number of hydrogen-bond donors (Lipinski definition) is 1. The zero-order valence-electron chi connectivity index (χ0n) is 7.43. The Morgan fingerprint density at radius 3 is 2.62 bits per heavy atom. The monoisotopic (exact) mass is 180 g/mol. The number of aliphatic hydroxyl groups is 1. The predicted molar refractivity (Wildman–Crippen MR) is 48.0 cm³/mol. The van der Waals surface area contributed by atoms with Gasteiger partial charge in [0.1, 0.15) is 6.61 Å². The molecule has 0 aromatic heterocycles. The number of carbonyl (C=O) groups is 1. The molecular formula is C10H12O3. The smallest absolute Gasteiger partial charge is 0.181 e. The SMILES string of the molecule is CC(=O)COC(O)c1ccccc1. The fourth-order valence-corrected chi connectivity index (χ4v) is 0.910. The Morgan fingerprint density at radius 2 is 2.08 bits per heavy atom. The van der Waals surface area contributed by atoms with Gasteiger partial charge in [0.05, 0.1) is 0 Å². The fourth-order valence-electron chi connectivity index (χ4n) is 0.910. The van der Waals surface area contributed by atoms with Gasteiger partial charge in [0, 0.05) is 5.56 Å². The lowest BCUT2D eigenvalue weighted by Gasteiger charge is -2.10. The standard InChI is InChI=1S/C10H12O3/c1-8(11)7-13-10(12)9-5-3-2-4-6-9/h2-6,10,12H,7H2,1H3. The number of ether oxygens (including phenoxy) is 1. The number of rotatable bonds is 4. The molecule has 3 heteroatoms. The van der Waals surface area contributed by atoms with E-state index in [0.717, 1.165) is 0 Å². The molecule has 0 fully saturated rings. The maximum Gasteiger partial charge on any atom is 0.181 e. The van der Waals surface area contributed by atoms with Crippen LogP contribution in [0.15, 0.2) is 30.3 Å². The molecule has 0 amide bonds. The summed E-state index contributed by atoms with van der Waals surface area (Å²) in [7, 11) is 0. The number of Topliss-reactive ketones (excluding diaryl/α,β-unsaturated/α-hetero) is 1. The fraction of sp³-hybridized carbons (Fsp3) is 0.300. The Labute approximate surface area is 77.0 Å². The van der Waals surface area contributed by atoms with Crippen molar-refractivity contribution < 1.29 is 14.6 Å². The molecule has 0 aliphatic rings. The van der Waals surface area contributed by atoms with Gasteiger partial charge in [-0.25, -0.2) is 0 Å². The summed E-state index contributed by atoms with van der Waals surface area (Å²) < 4.78 is 4.90. The van der Waals surface area contributed by atoms with Crippen molar-refractivity contribution >= 4 is 5.78 Å². The third-order valence-electron chi connectivity index (χ3n) is 1.53. The highest BCUT2D eigenvalue weighted by Gasteiger charge is 2.06. The maximum atomic E-state index is 10.5. The van der Waals surface area contributed by atoms with Crippen LogP contribution in [-0.2, 0) is 9.53 Å². The number of ketones is 1. The minimum atomic E-state index is -1.01. The zero-order valence-corrected chi connectivity index (χ0v) is 7.43. The molecule has 0 aliphatic heterocycles. The molecule has 0 heterocycles. The molecule has 0 saturated heterocycles. The molecule has 0 spiro atoms. The average molecular weight is 180 g/mol. The van der Waals surface area contributed by atoms with Gasteiger partial charge >= 0.3 is 0 Å². The van der Waals surface area contributed by atoms with E-state index < -0.39 is 6.29 Å². The van der Waals surface area contributed by atoms with Crippen LogP contribution >= 0.6 is 0 Å². The van der Waals surface area contributed by atoms with Crippen molar-refractivity contribution in [3.8, 4) is 0 Å². The minimum absolute atomic E-state index is 0.0595. The van der Waals surface area contributed by atoms with E-state index in [1.165, 1.54) is 6.92 Å². The molecule has 1 rings (SSSR count). The number of aliphatic hydroxyl groups excluding tert-OH is 1. The molecule has 0 aliphatic carbocycles.